The number of hydrogen-bond acceptors (Lipinski definition) is 5. The van der Waals surface area contributed by atoms with Gasteiger partial charge in [-0.15, -0.1) is 0 Å². The Labute approximate surface area is 199 Å². The number of carbonyl (C=O) groups excluding carboxylic acids is 2. The highest BCUT2D eigenvalue weighted by Crippen LogP contribution is 2.47. The van der Waals surface area contributed by atoms with Gasteiger partial charge in [-0.2, -0.15) is 0 Å². The summed E-state index contributed by atoms with van der Waals surface area (Å²) < 4.78 is 7.65. The molecule has 3 heterocycles. The number of imide groups is 1. The Bertz CT molecular complexity index is 1100. The first-order valence-corrected chi connectivity index (χ1v) is 12.5. The first-order valence-electron chi connectivity index (χ1n) is 12.5. The highest BCUT2D eigenvalue weighted by atomic mass is 16.5. The third kappa shape index (κ3) is 5.25. The van der Waals surface area contributed by atoms with Gasteiger partial charge in [-0.1, -0.05) is 12.1 Å². The van der Waals surface area contributed by atoms with Crippen LogP contribution in [0.1, 0.15) is 74.3 Å². The summed E-state index contributed by atoms with van der Waals surface area (Å²) in [5.74, 6) is 0.558. The van der Waals surface area contributed by atoms with Crippen molar-refractivity contribution in [2.45, 2.75) is 75.3 Å². The lowest BCUT2D eigenvalue weighted by atomic mass is 9.90. The van der Waals surface area contributed by atoms with Crippen molar-refractivity contribution >= 4 is 11.8 Å². The second-order valence-corrected chi connectivity index (χ2v) is 10.0. The summed E-state index contributed by atoms with van der Waals surface area (Å²) >= 11 is 0. The van der Waals surface area contributed by atoms with E-state index in [0.29, 0.717) is 30.9 Å². The highest BCUT2D eigenvalue weighted by molar-refractivity contribution is 6.00. The number of aryl methyl sites for hydroxylation is 1. The molecule has 2 amide bonds. The van der Waals surface area contributed by atoms with Crippen LogP contribution in [0.4, 0.5) is 0 Å². The number of piperidine rings is 1. The number of amides is 2. The number of carbonyl (C=O) groups is 2. The summed E-state index contributed by atoms with van der Waals surface area (Å²) in [7, 11) is 0. The molecule has 1 unspecified atom stereocenters. The van der Waals surface area contributed by atoms with E-state index in [1.54, 1.807) is 0 Å². The fourth-order valence-electron chi connectivity index (χ4n) is 5.24. The third-order valence-electron chi connectivity index (χ3n) is 7.54. The van der Waals surface area contributed by atoms with Crippen molar-refractivity contribution in [3.05, 3.63) is 64.1 Å². The number of rotatable bonds is 9. The molecule has 1 spiro atoms. The second kappa shape index (κ2) is 9.74. The average Bonchev–Trinajstić information content (AvgIpc) is 3.46. The van der Waals surface area contributed by atoms with E-state index in [1.807, 2.05) is 41.1 Å². The van der Waals surface area contributed by atoms with Crippen molar-refractivity contribution in [3.63, 3.8) is 0 Å². The molecule has 1 aliphatic carbocycles. The minimum Gasteiger partial charge on any atom is -0.494 e. The summed E-state index contributed by atoms with van der Waals surface area (Å²) in [5.41, 5.74) is 2.57. The number of benzene rings is 1. The van der Waals surface area contributed by atoms with Gasteiger partial charge in [0.05, 0.1) is 12.5 Å². The predicted molar refractivity (Wildman–Crippen MR) is 129 cm³/mol. The van der Waals surface area contributed by atoms with Gasteiger partial charge in [0, 0.05) is 37.3 Å². The van der Waals surface area contributed by atoms with Crippen LogP contribution in [0.2, 0.25) is 0 Å². The Kier molecular flexibility index (Phi) is 6.55. The van der Waals surface area contributed by atoms with Crippen molar-refractivity contribution in [2.24, 2.45) is 0 Å². The smallest absolute Gasteiger partial charge is 0.250 e. The Morgan fingerprint density at radius 3 is 2.53 bits per heavy atom. The zero-order valence-electron chi connectivity index (χ0n) is 19.6. The third-order valence-corrected chi connectivity index (χ3v) is 7.54. The molecule has 0 bridgehead atoms. The van der Waals surface area contributed by atoms with Crippen LogP contribution in [0.5, 0.6) is 5.75 Å². The number of pyridine rings is 1. The highest BCUT2D eigenvalue weighted by Gasteiger charge is 2.48. The molecule has 2 saturated heterocycles. The van der Waals surface area contributed by atoms with Crippen molar-refractivity contribution < 1.29 is 14.3 Å². The molecule has 2 aliphatic heterocycles. The SMILES string of the molecule is O=C1CCC(c2ccc(OCCCCCn3ccc([C@@H]4CNC5(CC5)C4)cc3=O)cc2)C(=O)N1. The van der Waals surface area contributed by atoms with Crippen LogP contribution >= 0.6 is 0 Å². The molecule has 34 heavy (non-hydrogen) atoms. The van der Waals surface area contributed by atoms with Gasteiger partial charge in [0.15, 0.2) is 0 Å². The van der Waals surface area contributed by atoms with Gasteiger partial charge in [-0.3, -0.25) is 19.7 Å². The van der Waals surface area contributed by atoms with Crippen molar-refractivity contribution in [2.75, 3.05) is 13.2 Å². The van der Waals surface area contributed by atoms with Crippen LogP contribution in [0.25, 0.3) is 0 Å². The molecule has 1 aromatic carbocycles. The number of unbranched alkanes of at least 4 members (excludes halogenated alkanes) is 2. The minimum absolute atomic E-state index is 0.0987. The van der Waals surface area contributed by atoms with Crippen LogP contribution < -0.4 is 20.9 Å². The molecule has 0 radical (unpaired) electrons. The lowest BCUT2D eigenvalue weighted by Crippen LogP contribution is -2.39. The molecule has 2 N–H and O–H groups in total. The van der Waals surface area contributed by atoms with Gasteiger partial charge >= 0.3 is 0 Å². The van der Waals surface area contributed by atoms with Crippen molar-refractivity contribution in [3.8, 4) is 5.75 Å². The largest absolute Gasteiger partial charge is 0.494 e. The first kappa shape index (κ1) is 22.8. The Morgan fingerprint density at radius 2 is 1.82 bits per heavy atom. The van der Waals surface area contributed by atoms with E-state index in [0.717, 1.165) is 50.1 Å². The lowest BCUT2D eigenvalue weighted by Gasteiger charge is -2.21. The van der Waals surface area contributed by atoms with Crippen molar-refractivity contribution in [1.82, 2.24) is 15.2 Å². The number of aromatic nitrogens is 1. The molecule has 180 valence electrons. The summed E-state index contributed by atoms with van der Waals surface area (Å²) in [6.07, 6.45) is 9.43. The summed E-state index contributed by atoms with van der Waals surface area (Å²) in [4.78, 5) is 35.8. The molecule has 2 aromatic rings. The van der Waals surface area contributed by atoms with Gasteiger partial charge in [-0.05, 0) is 80.2 Å². The Hall–Kier alpha value is -2.93. The maximum atomic E-state index is 12.5. The number of hydrogen-bond donors (Lipinski definition) is 2. The molecule has 3 fully saturated rings. The zero-order valence-corrected chi connectivity index (χ0v) is 19.6. The topological polar surface area (TPSA) is 89.4 Å². The van der Waals surface area contributed by atoms with Gasteiger partial charge < -0.3 is 14.6 Å². The molecule has 7 heteroatoms. The molecule has 7 nitrogen and oxygen atoms in total. The molecule has 1 saturated carbocycles. The maximum Gasteiger partial charge on any atom is 0.250 e. The van der Waals surface area contributed by atoms with E-state index in [9.17, 15) is 14.4 Å². The Morgan fingerprint density at radius 1 is 1.00 bits per heavy atom. The van der Waals surface area contributed by atoms with Gasteiger partial charge in [-0.25, -0.2) is 0 Å². The maximum absolute atomic E-state index is 12.5. The fraction of sp³-hybridized carbons (Fsp3) is 0.519. The monoisotopic (exact) mass is 463 g/mol. The summed E-state index contributed by atoms with van der Waals surface area (Å²) in [5, 5.41) is 6.03. The summed E-state index contributed by atoms with van der Waals surface area (Å²) in [6.45, 7) is 2.33. The second-order valence-electron chi connectivity index (χ2n) is 10.0. The van der Waals surface area contributed by atoms with Crippen LogP contribution in [0.3, 0.4) is 0 Å². The van der Waals surface area contributed by atoms with Crippen LogP contribution in [0, 0.1) is 0 Å². The average molecular weight is 464 g/mol. The van der Waals surface area contributed by atoms with Crippen molar-refractivity contribution in [1.29, 1.82) is 0 Å². The number of nitrogens with one attached hydrogen (secondary N) is 2. The van der Waals surface area contributed by atoms with Gasteiger partial charge in [0.1, 0.15) is 5.75 Å². The van der Waals surface area contributed by atoms with E-state index in [4.69, 9.17) is 4.74 Å². The molecular formula is C27H33N3O4. The summed E-state index contributed by atoms with van der Waals surface area (Å²) in [6, 6.07) is 11.5. The van der Waals surface area contributed by atoms with Crippen LogP contribution in [0.15, 0.2) is 47.4 Å². The molecule has 2 atom stereocenters. The number of ether oxygens (including phenoxy) is 1. The molecule has 3 aliphatic rings. The fourth-order valence-corrected chi connectivity index (χ4v) is 5.24. The Balaban J connectivity index is 1.01. The van der Waals surface area contributed by atoms with E-state index in [1.165, 1.54) is 18.4 Å². The molecule has 5 rings (SSSR count). The van der Waals surface area contributed by atoms with Crippen LogP contribution in [-0.4, -0.2) is 35.1 Å². The zero-order chi connectivity index (χ0) is 23.5. The van der Waals surface area contributed by atoms with E-state index in [-0.39, 0.29) is 23.3 Å². The minimum atomic E-state index is -0.270. The van der Waals surface area contributed by atoms with Gasteiger partial charge in [0.2, 0.25) is 11.8 Å². The van der Waals surface area contributed by atoms with E-state index >= 15 is 0 Å². The van der Waals surface area contributed by atoms with Crippen LogP contribution in [-0.2, 0) is 16.1 Å². The normalized spacial score (nSPS) is 23.2. The quantitative estimate of drug-likeness (QED) is 0.440. The lowest BCUT2D eigenvalue weighted by molar-refractivity contribution is -0.134. The first-order chi connectivity index (χ1) is 16.5. The van der Waals surface area contributed by atoms with E-state index < -0.39 is 0 Å². The standard InChI is InChI=1S/C27H33N3O4/c31-24-9-8-23(26(33)29-24)19-4-6-22(7-5-19)34-15-3-1-2-13-30-14-10-20(16-25(30)32)21-17-27(11-12-27)28-18-21/h4-7,10,14,16,21,23,28H,1-3,8-9,11-13,15,17-18H2,(H,29,31,33)/t21-,23?/m0/s1. The predicted octanol–water partition coefficient (Wildman–Crippen LogP) is 3.23. The van der Waals surface area contributed by atoms with E-state index in [2.05, 4.69) is 16.7 Å². The molecule has 1 aromatic heterocycles. The number of nitrogens with zero attached hydrogens (tertiary/aromatic N) is 1. The molecular weight excluding hydrogens is 430 g/mol. The van der Waals surface area contributed by atoms with Gasteiger partial charge in [0.25, 0.3) is 5.56 Å².